The topological polar surface area (TPSA) is 4.93 Å². The number of hydrogen-bond acceptors (Lipinski definition) is 1. The number of benzene rings is 7. The van der Waals surface area contributed by atoms with E-state index in [1.807, 2.05) is 11.3 Å². The van der Waals surface area contributed by atoms with Crippen molar-refractivity contribution in [2.24, 2.45) is 0 Å². The van der Waals surface area contributed by atoms with E-state index in [9.17, 15) is 0 Å². The highest BCUT2D eigenvalue weighted by Crippen LogP contribution is 2.49. The molecule has 176 valence electrons. The van der Waals surface area contributed by atoms with Gasteiger partial charge in [0.25, 0.3) is 0 Å². The minimum absolute atomic E-state index is 1.20. The summed E-state index contributed by atoms with van der Waals surface area (Å²) >= 11 is 1.94. The number of para-hydroxylation sites is 1. The molecule has 2 heterocycles. The Bertz CT molecular complexity index is 2400. The second kappa shape index (κ2) is 7.44. The minimum atomic E-state index is 1.20. The van der Waals surface area contributed by atoms with Crippen LogP contribution in [0.15, 0.2) is 127 Å². The predicted molar refractivity (Wildman–Crippen MR) is 166 cm³/mol. The average molecular weight is 500 g/mol. The third kappa shape index (κ3) is 2.60. The van der Waals surface area contributed by atoms with E-state index in [1.54, 1.807) is 0 Å². The van der Waals surface area contributed by atoms with Gasteiger partial charge in [-0.3, -0.25) is 0 Å². The van der Waals surface area contributed by atoms with Crippen molar-refractivity contribution >= 4 is 85.6 Å². The highest BCUT2D eigenvalue weighted by atomic mass is 32.1. The SMILES string of the molecule is c1ccc2cc(-n3c4ccccc4c4c5c6ccc7ccccc7c6sc5c5ccccc5c43)ccc2c1. The van der Waals surface area contributed by atoms with Gasteiger partial charge >= 0.3 is 0 Å². The molecule has 0 saturated heterocycles. The summed E-state index contributed by atoms with van der Waals surface area (Å²) < 4.78 is 5.24. The van der Waals surface area contributed by atoms with Gasteiger partial charge in [0, 0.05) is 47.4 Å². The highest BCUT2D eigenvalue weighted by Gasteiger charge is 2.22. The van der Waals surface area contributed by atoms with Crippen LogP contribution in [0, 0.1) is 0 Å². The largest absolute Gasteiger partial charge is 0.309 e. The Morgan fingerprint density at radius 1 is 0.421 bits per heavy atom. The first-order valence-corrected chi connectivity index (χ1v) is 13.9. The van der Waals surface area contributed by atoms with E-state index in [0.717, 1.165) is 0 Å². The molecule has 0 N–H and O–H groups in total. The van der Waals surface area contributed by atoms with Crippen molar-refractivity contribution in [3.8, 4) is 5.69 Å². The average Bonchev–Trinajstić information content (AvgIpc) is 3.54. The first-order chi connectivity index (χ1) is 18.9. The molecule has 0 fully saturated rings. The molecular weight excluding hydrogens is 478 g/mol. The summed E-state index contributed by atoms with van der Waals surface area (Å²) in [6, 6.07) is 46.8. The zero-order chi connectivity index (χ0) is 24.8. The Kier molecular flexibility index (Phi) is 3.99. The molecule has 0 amide bonds. The van der Waals surface area contributed by atoms with E-state index in [4.69, 9.17) is 0 Å². The summed E-state index contributed by atoms with van der Waals surface area (Å²) in [5.74, 6) is 0. The Morgan fingerprint density at radius 2 is 1.08 bits per heavy atom. The van der Waals surface area contributed by atoms with Crippen molar-refractivity contribution in [2.75, 3.05) is 0 Å². The van der Waals surface area contributed by atoms with Crippen molar-refractivity contribution in [1.82, 2.24) is 4.57 Å². The van der Waals surface area contributed by atoms with Crippen LogP contribution in [0.3, 0.4) is 0 Å². The molecule has 0 radical (unpaired) electrons. The van der Waals surface area contributed by atoms with Crippen LogP contribution in [-0.2, 0) is 0 Å². The third-order valence-corrected chi connectivity index (χ3v) is 9.39. The van der Waals surface area contributed by atoms with Crippen molar-refractivity contribution in [2.45, 2.75) is 0 Å². The van der Waals surface area contributed by atoms with Gasteiger partial charge in [-0.1, -0.05) is 109 Å². The number of hydrogen-bond donors (Lipinski definition) is 0. The maximum atomic E-state index is 2.49. The monoisotopic (exact) mass is 499 g/mol. The van der Waals surface area contributed by atoms with Crippen LogP contribution in [-0.4, -0.2) is 4.57 Å². The van der Waals surface area contributed by atoms with Crippen LogP contribution < -0.4 is 0 Å². The first kappa shape index (κ1) is 20.4. The summed E-state index contributed by atoms with van der Waals surface area (Å²) in [6.45, 7) is 0. The molecule has 38 heavy (non-hydrogen) atoms. The molecule has 0 spiro atoms. The Balaban J connectivity index is 1.58. The molecule has 0 unspecified atom stereocenters. The normalized spacial score (nSPS) is 12.2. The second-order valence-corrected chi connectivity index (χ2v) is 11.1. The molecule has 0 aliphatic heterocycles. The lowest BCUT2D eigenvalue weighted by atomic mass is 9.98. The Labute approximate surface area is 222 Å². The molecule has 0 saturated carbocycles. The second-order valence-electron chi connectivity index (χ2n) is 10.1. The number of aromatic nitrogens is 1. The highest BCUT2D eigenvalue weighted by molar-refractivity contribution is 7.27. The van der Waals surface area contributed by atoms with Gasteiger partial charge in [-0.25, -0.2) is 0 Å². The van der Waals surface area contributed by atoms with Crippen molar-refractivity contribution in [3.63, 3.8) is 0 Å². The Morgan fingerprint density at radius 3 is 1.95 bits per heavy atom. The van der Waals surface area contributed by atoms with Crippen LogP contribution in [0.1, 0.15) is 0 Å². The molecule has 2 heteroatoms. The quantitative estimate of drug-likeness (QED) is 0.212. The van der Waals surface area contributed by atoms with Gasteiger partial charge in [-0.05, 0) is 39.7 Å². The standard InChI is InChI=1S/C36H21NS/c1-2-11-24-21-25(19-17-22(24)9-1)37-31-16-8-7-15-29(31)32-33-30-20-18-23-10-3-4-12-26(23)35(30)38-36(33)28-14-6-5-13-27(28)34(32)37/h1-21H. The summed E-state index contributed by atoms with van der Waals surface area (Å²) in [5, 5.41) is 13.2. The lowest BCUT2D eigenvalue weighted by Crippen LogP contribution is -1.94. The molecule has 2 aromatic heterocycles. The van der Waals surface area contributed by atoms with Gasteiger partial charge in [0.15, 0.2) is 0 Å². The van der Waals surface area contributed by atoms with E-state index in [1.165, 1.54) is 80.0 Å². The number of nitrogens with zero attached hydrogens (tertiary/aromatic N) is 1. The lowest BCUT2D eigenvalue weighted by molar-refractivity contribution is 1.19. The summed E-state index contributed by atoms with van der Waals surface area (Å²) in [7, 11) is 0. The maximum Gasteiger partial charge on any atom is 0.0626 e. The predicted octanol–water partition coefficient (Wildman–Crippen LogP) is 10.6. The van der Waals surface area contributed by atoms with Crippen LogP contribution in [0.25, 0.3) is 80.0 Å². The van der Waals surface area contributed by atoms with Crippen LogP contribution in [0.4, 0.5) is 0 Å². The fraction of sp³-hybridized carbons (Fsp3) is 0. The summed E-state index contributed by atoms with van der Waals surface area (Å²) in [6.07, 6.45) is 0. The van der Waals surface area contributed by atoms with Crippen molar-refractivity contribution in [1.29, 1.82) is 0 Å². The van der Waals surface area contributed by atoms with Gasteiger partial charge in [-0.15, -0.1) is 11.3 Å². The van der Waals surface area contributed by atoms with Crippen LogP contribution >= 0.6 is 11.3 Å². The fourth-order valence-electron chi connectivity index (χ4n) is 6.48. The molecular formula is C36H21NS. The van der Waals surface area contributed by atoms with E-state index in [-0.39, 0.29) is 0 Å². The minimum Gasteiger partial charge on any atom is -0.309 e. The third-order valence-electron chi connectivity index (χ3n) is 8.12. The van der Waals surface area contributed by atoms with Crippen LogP contribution in [0.2, 0.25) is 0 Å². The molecule has 9 rings (SSSR count). The maximum absolute atomic E-state index is 2.49. The zero-order valence-corrected chi connectivity index (χ0v) is 21.3. The molecule has 7 aromatic carbocycles. The number of thiophene rings is 1. The molecule has 9 aromatic rings. The molecule has 0 atom stereocenters. The lowest BCUT2D eigenvalue weighted by Gasteiger charge is -2.12. The smallest absolute Gasteiger partial charge is 0.0626 e. The van der Waals surface area contributed by atoms with E-state index < -0.39 is 0 Å². The molecule has 0 aliphatic carbocycles. The van der Waals surface area contributed by atoms with Gasteiger partial charge < -0.3 is 4.57 Å². The van der Waals surface area contributed by atoms with E-state index >= 15 is 0 Å². The fourth-order valence-corrected chi connectivity index (χ4v) is 7.86. The first-order valence-electron chi connectivity index (χ1n) is 13.0. The summed E-state index contributed by atoms with van der Waals surface area (Å²) in [5.41, 5.74) is 3.73. The zero-order valence-electron chi connectivity index (χ0n) is 20.5. The molecule has 0 aliphatic rings. The van der Waals surface area contributed by atoms with Gasteiger partial charge in [0.2, 0.25) is 0 Å². The molecule has 0 bridgehead atoms. The number of rotatable bonds is 1. The van der Waals surface area contributed by atoms with E-state index in [2.05, 4.69) is 132 Å². The van der Waals surface area contributed by atoms with Gasteiger partial charge in [0.05, 0.1) is 11.0 Å². The van der Waals surface area contributed by atoms with E-state index in [0.29, 0.717) is 0 Å². The number of fused-ring (bicyclic) bond motifs is 13. The summed E-state index contributed by atoms with van der Waals surface area (Å²) in [4.78, 5) is 0. The van der Waals surface area contributed by atoms with Crippen molar-refractivity contribution in [3.05, 3.63) is 127 Å². The van der Waals surface area contributed by atoms with Crippen molar-refractivity contribution < 1.29 is 0 Å². The van der Waals surface area contributed by atoms with Crippen LogP contribution in [0.5, 0.6) is 0 Å². The Hall–Kier alpha value is -4.66. The van der Waals surface area contributed by atoms with Gasteiger partial charge in [0.1, 0.15) is 0 Å². The van der Waals surface area contributed by atoms with Gasteiger partial charge in [-0.2, -0.15) is 0 Å². The molecule has 1 nitrogen and oxygen atoms in total.